The van der Waals surface area contributed by atoms with Crippen molar-refractivity contribution in [2.24, 2.45) is 0 Å². The molecule has 0 aliphatic carbocycles. The van der Waals surface area contributed by atoms with Crippen LogP contribution in [0, 0.1) is 0 Å². The molecule has 3 unspecified atom stereocenters. The lowest BCUT2D eigenvalue weighted by Crippen LogP contribution is -2.49. The van der Waals surface area contributed by atoms with Gasteiger partial charge in [-0.2, -0.15) is 11.8 Å². The highest BCUT2D eigenvalue weighted by Gasteiger charge is 2.38. The van der Waals surface area contributed by atoms with E-state index in [1.54, 1.807) is 0 Å². The minimum atomic E-state index is 0.678. The van der Waals surface area contributed by atoms with E-state index in [9.17, 15) is 0 Å². The Kier molecular flexibility index (Phi) is 4.57. The van der Waals surface area contributed by atoms with E-state index < -0.39 is 0 Å². The zero-order chi connectivity index (χ0) is 11.5. The van der Waals surface area contributed by atoms with Crippen LogP contribution in [0.25, 0.3) is 0 Å². The predicted octanol–water partition coefficient (Wildman–Crippen LogP) is 2.34. The highest BCUT2D eigenvalue weighted by Crippen LogP contribution is 2.34. The van der Waals surface area contributed by atoms with Gasteiger partial charge in [-0.3, -0.25) is 0 Å². The average Bonchev–Trinajstić information content (AvgIpc) is 2.52. The van der Waals surface area contributed by atoms with Crippen molar-refractivity contribution in [2.45, 2.75) is 63.7 Å². The Bertz CT molecular complexity index is 208. The number of thioether (sulfide) groups is 1. The van der Waals surface area contributed by atoms with Crippen molar-refractivity contribution >= 4 is 11.8 Å². The second-order valence-corrected chi connectivity index (χ2v) is 6.76. The third kappa shape index (κ3) is 2.93. The third-order valence-electron chi connectivity index (χ3n) is 4.19. The van der Waals surface area contributed by atoms with Crippen molar-refractivity contribution in [3.8, 4) is 0 Å². The number of nitrogens with zero attached hydrogens (tertiary/aromatic N) is 1. The van der Waals surface area contributed by atoms with Crippen molar-refractivity contribution in [1.29, 1.82) is 0 Å². The van der Waals surface area contributed by atoms with Crippen LogP contribution in [0.4, 0.5) is 0 Å². The molecule has 0 aromatic rings. The third-order valence-corrected chi connectivity index (χ3v) is 5.33. The maximum Gasteiger partial charge on any atom is 0.0132 e. The van der Waals surface area contributed by atoms with Crippen LogP contribution in [0.15, 0.2) is 0 Å². The summed E-state index contributed by atoms with van der Waals surface area (Å²) >= 11 is 2.05. The first-order chi connectivity index (χ1) is 7.70. The molecule has 0 spiro atoms. The zero-order valence-corrected chi connectivity index (χ0v) is 11.7. The lowest BCUT2D eigenvalue weighted by Gasteiger charge is -2.37. The van der Waals surface area contributed by atoms with Gasteiger partial charge in [0.2, 0.25) is 0 Å². The zero-order valence-electron chi connectivity index (χ0n) is 10.9. The first-order valence-electron chi connectivity index (χ1n) is 6.76. The van der Waals surface area contributed by atoms with Gasteiger partial charge in [0.25, 0.3) is 0 Å². The van der Waals surface area contributed by atoms with Crippen LogP contribution < -0.4 is 5.32 Å². The van der Waals surface area contributed by atoms with E-state index in [0.29, 0.717) is 6.04 Å². The molecule has 3 heteroatoms. The standard InChI is InChI=1S/C13H26N2S/c1-4-16-9-10(2)14-11-7-12-5-6-13(8-11)15(12)3/h10-14H,4-9H2,1-3H3. The minimum absolute atomic E-state index is 0.678. The van der Waals surface area contributed by atoms with Crippen LogP contribution in [0.2, 0.25) is 0 Å². The highest BCUT2D eigenvalue weighted by atomic mass is 32.2. The first-order valence-corrected chi connectivity index (χ1v) is 7.92. The minimum Gasteiger partial charge on any atom is -0.311 e. The molecule has 2 aliphatic rings. The Hall–Kier alpha value is 0.270. The molecule has 0 aromatic carbocycles. The Morgan fingerprint density at radius 2 is 1.94 bits per heavy atom. The van der Waals surface area contributed by atoms with E-state index in [1.165, 1.54) is 37.2 Å². The van der Waals surface area contributed by atoms with Crippen LogP contribution in [0.3, 0.4) is 0 Å². The molecule has 0 saturated carbocycles. The van der Waals surface area contributed by atoms with E-state index in [1.807, 2.05) is 11.8 Å². The first kappa shape index (κ1) is 12.7. The maximum absolute atomic E-state index is 3.83. The average molecular weight is 242 g/mol. The molecule has 3 atom stereocenters. The maximum atomic E-state index is 3.83. The van der Waals surface area contributed by atoms with Gasteiger partial charge in [-0.15, -0.1) is 0 Å². The SMILES string of the molecule is CCSCC(C)NC1CC2CCC(C1)N2C. The van der Waals surface area contributed by atoms with Crippen molar-refractivity contribution in [3.63, 3.8) is 0 Å². The Balaban J connectivity index is 1.75. The van der Waals surface area contributed by atoms with Gasteiger partial charge in [0.05, 0.1) is 0 Å². The second kappa shape index (κ2) is 5.74. The van der Waals surface area contributed by atoms with Crippen molar-refractivity contribution in [2.75, 3.05) is 18.6 Å². The van der Waals surface area contributed by atoms with Crippen LogP contribution in [0.5, 0.6) is 0 Å². The number of hydrogen-bond donors (Lipinski definition) is 1. The molecule has 0 aromatic heterocycles. The van der Waals surface area contributed by atoms with Gasteiger partial charge in [0.1, 0.15) is 0 Å². The number of nitrogens with one attached hydrogen (secondary N) is 1. The fourth-order valence-electron chi connectivity index (χ4n) is 3.29. The van der Waals surface area contributed by atoms with Crippen LogP contribution in [-0.2, 0) is 0 Å². The van der Waals surface area contributed by atoms with Crippen LogP contribution in [-0.4, -0.2) is 47.6 Å². The van der Waals surface area contributed by atoms with Crippen LogP contribution in [0.1, 0.15) is 39.5 Å². The molecular weight excluding hydrogens is 216 g/mol. The lowest BCUT2D eigenvalue weighted by atomic mass is 9.97. The summed E-state index contributed by atoms with van der Waals surface area (Å²) in [5.41, 5.74) is 0. The molecule has 2 bridgehead atoms. The molecule has 94 valence electrons. The fraction of sp³-hybridized carbons (Fsp3) is 1.00. The Labute approximate surface area is 105 Å². The second-order valence-electron chi connectivity index (χ2n) is 5.45. The molecule has 2 heterocycles. The molecule has 2 fully saturated rings. The summed E-state index contributed by atoms with van der Waals surface area (Å²) in [6.45, 7) is 4.58. The van der Waals surface area contributed by atoms with E-state index in [4.69, 9.17) is 0 Å². The quantitative estimate of drug-likeness (QED) is 0.797. The number of hydrogen-bond acceptors (Lipinski definition) is 3. The van der Waals surface area contributed by atoms with Gasteiger partial charge in [0.15, 0.2) is 0 Å². The topological polar surface area (TPSA) is 15.3 Å². The van der Waals surface area contributed by atoms with Gasteiger partial charge in [-0.25, -0.2) is 0 Å². The van der Waals surface area contributed by atoms with Gasteiger partial charge in [-0.05, 0) is 45.4 Å². The smallest absolute Gasteiger partial charge is 0.0132 e. The molecule has 2 saturated heterocycles. The van der Waals surface area contributed by atoms with Gasteiger partial charge in [-0.1, -0.05) is 6.92 Å². The number of fused-ring (bicyclic) bond motifs is 2. The monoisotopic (exact) mass is 242 g/mol. The van der Waals surface area contributed by atoms with E-state index >= 15 is 0 Å². The summed E-state index contributed by atoms with van der Waals surface area (Å²) in [5.74, 6) is 2.50. The van der Waals surface area contributed by atoms with E-state index in [2.05, 4.69) is 31.1 Å². The van der Waals surface area contributed by atoms with Crippen molar-refractivity contribution in [1.82, 2.24) is 10.2 Å². The summed E-state index contributed by atoms with van der Waals surface area (Å²) < 4.78 is 0. The molecule has 2 rings (SSSR count). The highest BCUT2D eigenvalue weighted by molar-refractivity contribution is 7.99. The van der Waals surface area contributed by atoms with E-state index in [0.717, 1.165) is 18.1 Å². The summed E-state index contributed by atoms with van der Waals surface area (Å²) in [6.07, 6.45) is 5.59. The fourth-order valence-corrected chi connectivity index (χ4v) is 3.98. The largest absolute Gasteiger partial charge is 0.311 e. The summed E-state index contributed by atoms with van der Waals surface area (Å²) in [6, 6.07) is 3.18. The van der Waals surface area contributed by atoms with E-state index in [-0.39, 0.29) is 0 Å². The molecule has 0 amide bonds. The summed E-state index contributed by atoms with van der Waals surface area (Å²) in [4.78, 5) is 2.61. The molecule has 16 heavy (non-hydrogen) atoms. The molecule has 1 N–H and O–H groups in total. The molecule has 0 radical (unpaired) electrons. The van der Waals surface area contributed by atoms with Crippen molar-refractivity contribution < 1.29 is 0 Å². The molecule has 2 nitrogen and oxygen atoms in total. The summed E-state index contributed by atoms with van der Waals surface area (Å²) in [5, 5.41) is 3.83. The summed E-state index contributed by atoms with van der Waals surface area (Å²) in [7, 11) is 2.31. The number of rotatable bonds is 5. The normalized spacial score (nSPS) is 36.6. The van der Waals surface area contributed by atoms with Crippen LogP contribution >= 0.6 is 11.8 Å². The van der Waals surface area contributed by atoms with Gasteiger partial charge in [0, 0.05) is 29.9 Å². The number of piperidine rings is 1. The Morgan fingerprint density at radius 3 is 2.50 bits per heavy atom. The predicted molar refractivity (Wildman–Crippen MR) is 73.2 cm³/mol. The van der Waals surface area contributed by atoms with Crippen molar-refractivity contribution in [3.05, 3.63) is 0 Å². The van der Waals surface area contributed by atoms with Gasteiger partial charge < -0.3 is 10.2 Å². The lowest BCUT2D eigenvalue weighted by molar-refractivity contribution is 0.145. The molecular formula is C13H26N2S. The van der Waals surface area contributed by atoms with Gasteiger partial charge >= 0.3 is 0 Å². The molecule has 2 aliphatic heterocycles. The Morgan fingerprint density at radius 1 is 1.31 bits per heavy atom.